The van der Waals surface area contributed by atoms with E-state index in [1.54, 1.807) is 20.8 Å². The summed E-state index contributed by atoms with van der Waals surface area (Å²) in [4.78, 5) is 25.0. The fraction of sp³-hybridized carbons (Fsp3) is 0.500. The monoisotopic (exact) mass is 452 g/mol. The number of nitrogens with zero attached hydrogens (tertiary/aromatic N) is 2. The number of aryl methyl sites for hydroxylation is 3. The Morgan fingerprint density at radius 2 is 1.83 bits per heavy atom. The van der Waals surface area contributed by atoms with Crippen molar-refractivity contribution in [3.05, 3.63) is 33.5 Å². The van der Waals surface area contributed by atoms with Gasteiger partial charge in [0.15, 0.2) is 5.11 Å². The number of nitrogens with one attached hydrogen (secondary N) is 2. The van der Waals surface area contributed by atoms with Gasteiger partial charge in [-0.2, -0.15) is 5.10 Å². The minimum atomic E-state index is -0.503. The van der Waals surface area contributed by atoms with Crippen molar-refractivity contribution in [2.24, 2.45) is 0 Å². The molecule has 0 fully saturated rings. The number of anilines is 1. The standard InChI is InChI=1S/C20H28N4O4S2/c1-6-27-18(25)15-14(5)16(19(26)28-7-2)30-17(15)22-20(29)21-9-8-10-24-13(4)11-12(3)23-24/h11H,6-10H2,1-5H3,(H2,21,22,29). The molecule has 0 saturated heterocycles. The molecule has 30 heavy (non-hydrogen) atoms. The Labute approximate surface area is 185 Å². The van der Waals surface area contributed by atoms with Crippen molar-refractivity contribution in [3.8, 4) is 0 Å². The van der Waals surface area contributed by atoms with E-state index < -0.39 is 11.9 Å². The molecule has 2 aromatic heterocycles. The van der Waals surface area contributed by atoms with Crippen LogP contribution in [-0.2, 0) is 16.0 Å². The Bertz CT molecular complexity index is 920. The molecule has 0 atom stereocenters. The van der Waals surface area contributed by atoms with Crippen LogP contribution in [0.4, 0.5) is 5.00 Å². The minimum Gasteiger partial charge on any atom is -0.462 e. The minimum absolute atomic E-state index is 0.233. The summed E-state index contributed by atoms with van der Waals surface area (Å²) >= 11 is 6.50. The van der Waals surface area contributed by atoms with Crippen molar-refractivity contribution in [2.45, 2.75) is 47.6 Å². The summed E-state index contributed by atoms with van der Waals surface area (Å²) < 4.78 is 12.2. The van der Waals surface area contributed by atoms with Crippen molar-refractivity contribution in [3.63, 3.8) is 0 Å². The van der Waals surface area contributed by atoms with E-state index in [1.807, 2.05) is 24.6 Å². The summed E-state index contributed by atoms with van der Waals surface area (Å²) in [7, 11) is 0. The third kappa shape index (κ3) is 6.02. The topological polar surface area (TPSA) is 94.5 Å². The van der Waals surface area contributed by atoms with Gasteiger partial charge in [-0.25, -0.2) is 9.59 Å². The SMILES string of the molecule is CCOC(=O)c1sc(NC(=S)NCCCn2nc(C)cc2C)c(C(=O)OCC)c1C. The highest BCUT2D eigenvalue weighted by Gasteiger charge is 2.26. The van der Waals surface area contributed by atoms with Crippen LogP contribution in [0.3, 0.4) is 0 Å². The number of hydrogen-bond acceptors (Lipinski definition) is 7. The Balaban J connectivity index is 2.03. The average molecular weight is 453 g/mol. The first kappa shape index (κ1) is 23.8. The first-order chi connectivity index (χ1) is 14.3. The summed E-state index contributed by atoms with van der Waals surface area (Å²) in [6.07, 6.45) is 0.825. The summed E-state index contributed by atoms with van der Waals surface area (Å²) in [5.74, 6) is -0.973. The van der Waals surface area contributed by atoms with Gasteiger partial charge < -0.3 is 20.1 Å². The first-order valence-corrected chi connectivity index (χ1v) is 11.0. The summed E-state index contributed by atoms with van der Waals surface area (Å²) in [5, 5.41) is 11.4. The number of thiocarbonyl (C=S) groups is 1. The first-order valence-electron chi connectivity index (χ1n) is 9.81. The van der Waals surface area contributed by atoms with E-state index in [0.717, 1.165) is 35.7 Å². The summed E-state index contributed by atoms with van der Waals surface area (Å²) in [5.41, 5.74) is 2.94. The highest BCUT2D eigenvalue weighted by atomic mass is 32.1. The highest BCUT2D eigenvalue weighted by molar-refractivity contribution is 7.80. The largest absolute Gasteiger partial charge is 0.462 e. The van der Waals surface area contributed by atoms with E-state index in [9.17, 15) is 9.59 Å². The van der Waals surface area contributed by atoms with Gasteiger partial charge in [0, 0.05) is 18.8 Å². The maximum absolute atomic E-state index is 12.4. The number of aromatic nitrogens is 2. The van der Waals surface area contributed by atoms with Crippen LogP contribution in [0.25, 0.3) is 0 Å². The smallest absolute Gasteiger partial charge is 0.348 e. The molecule has 2 rings (SSSR count). The number of carbonyl (C=O) groups excluding carboxylic acids is 2. The van der Waals surface area contributed by atoms with E-state index in [2.05, 4.69) is 15.7 Å². The van der Waals surface area contributed by atoms with Crippen molar-refractivity contribution < 1.29 is 19.1 Å². The van der Waals surface area contributed by atoms with Crippen LogP contribution in [0.1, 0.15) is 57.2 Å². The zero-order valence-electron chi connectivity index (χ0n) is 18.0. The van der Waals surface area contributed by atoms with Crippen molar-refractivity contribution in [2.75, 3.05) is 25.1 Å². The van der Waals surface area contributed by atoms with Crippen LogP contribution in [0.15, 0.2) is 6.07 Å². The van der Waals surface area contributed by atoms with Gasteiger partial charge in [-0.1, -0.05) is 0 Å². The molecule has 0 aliphatic rings. The second-order valence-electron chi connectivity index (χ2n) is 6.59. The maximum Gasteiger partial charge on any atom is 0.348 e. The predicted molar refractivity (Wildman–Crippen MR) is 122 cm³/mol. The van der Waals surface area contributed by atoms with Gasteiger partial charge in [-0.15, -0.1) is 11.3 Å². The Morgan fingerprint density at radius 3 is 2.43 bits per heavy atom. The lowest BCUT2D eigenvalue weighted by molar-refractivity contribution is 0.0527. The molecule has 0 bridgehead atoms. The normalized spacial score (nSPS) is 10.6. The van der Waals surface area contributed by atoms with Crippen LogP contribution in [0.5, 0.6) is 0 Å². The van der Waals surface area contributed by atoms with Gasteiger partial charge in [0.1, 0.15) is 9.88 Å². The average Bonchev–Trinajstić information content (AvgIpc) is 3.17. The lowest BCUT2D eigenvalue weighted by Gasteiger charge is -2.11. The van der Waals surface area contributed by atoms with Gasteiger partial charge in [0.25, 0.3) is 0 Å². The van der Waals surface area contributed by atoms with Gasteiger partial charge >= 0.3 is 11.9 Å². The van der Waals surface area contributed by atoms with Crippen molar-refractivity contribution >= 4 is 45.6 Å². The van der Waals surface area contributed by atoms with Crippen molar-refractivity contribution in [1.29, 1.82) is 0 Å². The van der Waals surface area contributed by atoms with E-state index in [0.29, 0.717) is 32.7 Å². The molecule has 0 aliphatic heterocycles. The molecule has 10 heteroatoms. The van der Waals surface area contributed by atoms with E-state index >= 15 is 0 Å². The molecule has 0 unspecified atom stereocenters. The molecule has 2 N–H and O–H groups in total. The number of thiophene rings is 1. The Morgan fingerprint density at radius 1 is 1.17 bits per heavy atom. The van der Waals surface area contributed by atoms with Crippen LogP contribution >= 0.6 is 23.6 Å². The molecular weight excluding hydrogens is 424 g/mol. The second kappa shape index (κ2) is 11.1. The van der Waals surface area contributed by atoms with Gasteiger partial charge in [0.05, 0.1) is 24.5 Å². The van der Waals surface area contributed by atoms with Crippen LogP contribution in [0.2, 0.25) is 0 Å². The molecule has 8 nitrogen and oxygen atoms in total. The molecule has 0 radical (unpaired) electrons. The third-order valence-corrected chi connectivity index (χ3v) is 5.68. The third-order valence-electron chi connectivity index (χ3n) is 4.25. The number of esters is 2. The lowest BCUT2D eigenvalue weighted by atomic mass is 10.1. The number of rotatable bonds is 9. The lowest BCUT2D eigenvalue weighted by Crippen LogP contribution is -2.30. The number of ether oxygens (including phenoxy) is 2. The maximum atomic E-state index is 12.4. The fourth-order valence-corrected chi connectivity index (χ4v) is 4.28. The van der Waals surface area contributed by atoms with Gasteiger partial charge in [0.2, 0.25) is 0 Å². The fourth-order valence-electron chi connectivity index (χ4n) is 2.92. The van der Waals surface area contributed by atoms with E-state index in [1.165, 1.54) is 0 Å². The highest BCUT2D eigenvalue weighted by Crippen LogP contribution is 2.34. The summed E-state index contributed by atoms with van der Waals surface area (Å²) in [6, 6.07) is 2.04. The van der Waals surface area contributed by atoms with Crippen LogP contribution < -0.4 is 10.6 Å². The molecule has 0 amide bonds. The van der Waals surface area contributed by atoms with Crippen molar-refractivity contribution in [1.82, 2.24) is 15.1 Å². The van der Waals surface area contributed by atoms with Gasteiger partial charge in [-0.05, 0) is 64.9 Å². The Hall–Kier alpha value is -2.46. The zero-order chi connectivity index (χ0) is 22.3. The molecule has 164 valence electrons. The summed E-state index contributed by atoms with van der Waals surface area (Å²) in [6.45, 7) is 11.0. The quantitative estimate of drug-likeness (QED) is 0.339. The molecule has 2 heterocycles. The molecule has 0 saturated carbocycles. The molecule has 0 aromatic carbocycles. The number of hydrogen-bond donors (Lipinski definition) is 2. The van der Waals surface area contributed by atoms with Crippen LogP contribution in [0, 0.1) is 20.8 Å². The zero-order valence-corrected chi connectivity index (χ0v) is 19.6. The Kier molecular flexibility index (Phi) is 8.79. The van der Waals surface area contributed by atoms with Crippen LogP contribution in [-0.4, -0.2) is 46.6 Å². The molecule has 2 aromatic rings. The van der Waals surface area contributed by atoms with Gasteiger partial charge in [-0.3, -0.25) is 4.68 Å². The second-order valence-corrected chi connectivity index (χ2v) is 8.01. The number of carbonyl (C=O) groups is 2. The molecule has 0 spiro atoms. The van der Waals surface area contributed by atoms with E-state index in [4.69, 9.17) is 21.7 Å². The van der Waals surface area contributed by atoms with E-state index in [-0.39, 0.29) is 13.2 Å². The predicted octanol–water partition coefficient (Wildman–Crippen LogP) is 3.60. The molecular formula is C20H28N4O4S2. The molecule has 0 aliphatic carbocycles.